The van der Waals surface area contributed by atoms with Crippen molar-refractivity contribution in [2.45, 2.75) is 25.6 Å². The average molecular weight is 740 g/mol. The fourth-order valence-electron chi connectivity index (χ4n) is 8.67. The summed E-state index contributed by atoms with van der Waals surface area (Å²) in [5, 5.41) is 6.47. The summed E-state index contributed by atoms with van der Waals surface area (Å²) in [4.78, 5) is 15.6. The summed E-state index contributed by atoms with van der Waals surface area (Å²) in [7, 11) is 0. The number of benzene rings is 7. The summed E-state index contributed by atoms with van der Waals surface area (Å²) < 4.78 is 27.1. The zero-order valence-electron chi connectivity index (χ0n) is 31.0. The Morgan fingerprint density at radius 2 is 1.39 bits per heavy atom. The van der Waals surface area contributed by atoms with Crippen molar-refractivity contribution >= 4 is 60.7 Å². The molecule has 5 nitrogen and oxygen atoms in total. The normalized spacial score (nSPS) is 16.2. The van der Waals surface area contributed by atoms with Gasteiger partial charge in [0.1, 0.15) is 29.7 Å². The summed E-state index contributed by atoms with van der Waals surface area (Å²) in [6, 6.07) is 47.3. The first-order chi connectivity index (χ1) is 28.1. The SMILES string of the molecule is C/C=C\c1c(CF)ccc2cc(-c3nc(C4=CC(c5ccc6oc7ccc8ccccc8c7c6c5)=CC5Oc6ccccc6C45)nc(-c4ccccc4)n3)ccc12. The number of nitrogens with zero attached hydrogens (tertiary/aromatic N) is 3. The van der Waals surface area contributed by atoms with Crippen LogP contribution in [0, 0.1) is 0 Å². The summed E-state index contributed by atoms with van der Waals surface area (Å²) in [5.41, 5.74) is 9.11. The Hall–Kier alpha value is -7.18. The third-order valence-electron chi connectivity index (χ3n) is 11.3. The van der Waals surface area contributed by atoms with E-state index in [1.807, 2.05) is 85.8 Å². The van der Waals surface area contributed by atoms with Gasteiger partial charge in [0, 0.05) is 33.0 Å². The summed E-state index contributed by atoms with van der Waals surface area (Å²) >= 11 is 0. The number of halogens is 1. The molecular formula is C51H34FN3O2. The minimum Gasteiger partial charge on any atom is -0.485 e. The number of alkyl halides is 1. The predicted molar refractivity (Wildman–Crippen MR) is 229 cm³/mol. The van der Waals surface area contributed by atoms with Crippen molar-refractivity contribution in [1.82, 2.24) is 15.0 Å². The van der Waals surface area contributed by atoms with Crippen LogP contribution in [0.3, 0.4) is 0 Å². The van der Waals surface area contributed by atoms with Gasteiger partial charge in [0.05, 0.1) is 5.92 Å². The van der Waals surface area contributed by atoms with E-state index >= 15 is 0 Å². The highest BCUT2D eigenvalue weighted by Crippen LogP contribution is 2.50. The molecule has 57 heavy (non-hydrogen) atoms. The Balaban J connectivity index is 1.11. The monoisotopic (exact) mass is 739 g/mol. The van der Waals surface area contributed by atoms with E-state index in [1.165, 1.54) is 5.39 Å². The van der Waals surface area contributed by atoms with Gasteiger partial charge in [0.15, 0.2) is 17.5 Å². The van der Waals surface area contributed by atoms with Crippen molar-refractivity contribution in [3.05, 3.63) is 186 Å². The summed E-state index contributed by atoms with van der Waals surface area (Å²) in [6.45, 7) is 1.42. The van der Waals surface area contributed by atoms with Crippen LogP contribution in [-0.2, 0) is 6.67 Å². The van der Waals surface area contributed by atoms with Gasteiger partial charge in [-0.15, -0.1) is 0 Å². The van der Waals surface area contributed by atoms with Gasteiger partial charge >= 0.3 is 0 Å². The molecule has 2 unspecified atom stereocenters. The number of allylic oxidation sites excluding steroid dienone is 3. The van der Waals surface area contributed by atoms with E-state index in [9.17, 15) is 4.39 Å². The van der Waals surface area contributed by atoms with Crippen molar-refractivity contribution in [2.24, 2.45) is 0 Å². The first kappa shape index (κ1) is 33.2. The maximum absolute atomic E-state index is 14.0. The van der Waals surface area contributed by atoms with Gasteiger partial charge < -0.3 is 9.15 Å². The van der Waals surface area contributed by atoms with Crippen molar-refractivity contribution in [2.75, 3.05) is 0 Å². The van der Waals surface area contributed by atoms with Crippen LogP contribution in [-0.4, -0.2) is 21.1 Å². The molecule has 0 saturated heterocycles. The van der Waals surface area contributed by atoms with Gasteiger partial charge in [-0.05, 0) is 93.2 Å². The lowest BCUT2D eigenvalue weighted by molar-refractivity contribution is 0.272. The highest BCUT2D eigenvalue weighted by atomic mass is 19.1. The standard InChI is InChI=1S/C51H34FN3O2/c1-2-10-37-35(29-52)18-17-33-25-34(19-22-38(33)37)50-53-49(31-12-4-3-5-13-31)54-51(55-50)42-27-36(28-46-48(42)40-15-8-9-16-43(40)57-46)32-21-23-44-41(26-32)47-39-14-7-6-11-30(39)20-24-45(47)56-44/h2-28,46,48H,29H2,1H3/b10-2-. The zero-order valence-corrected chi connectivity index (χ0v) is 31.0. The van der Waals surface area contributed by atoms with Crippen LogP contribution in [0.2, 0.25) is 0 Å². The smallest absolute Gasteiger partial charge is 0.164 e. The molecule has 7 aromatic carbocycles. The molecule has 0 radical (unpaired) electrons. The van der Waals surface area contributed by atoms with Gasteiger partial charge in [-0.1, -0.05) is 121 Å². The molecule has 0 saturated carbocycles. The molecule has 0 amide bonds. The number of ether oxygens (including phenoxy) is 1. The second-order valence-corrected chi connectivity index (χ2v) is 14.7. The molecule has 2 aromatic heterocycles. The molecule has 6 heteroatoms. The molecule has 11 rings (SSSR count). The van der Waals surface area contributed by atoms with E-state index in [4.69, 9.17) is 24.1 Å². The molecule has 0 fully saturated rings. The van der Waals surface area contributed by atoms with E-state index in [-0.39, 0.29) is 12.0 Å². The molecule has 2 aliphatic rings. The van der Waals surface area contributed by atoms with E-state index in [2.05, 4.69) is 84.9 Å². The van der Waals surface area contributed by atoms with Crippen LogP contribution in [0.4, 0.5) is 4.39 Å². The van der Waals surface area contributed by atoms with Gasteiger partial charge in [0.2, 0.25) is 0 Å². The van der Waals surface area contributed by atoms with E-state index in [1.54, 1.807) is 0 Å². The van der Waals surface area contributed by atoms with Crippen molar-refractivity contribution in [3.63, 3.8) is 0 Å². The quantitative estimate of drug-likeness (QED) is 0.170. The molecule has 0 spiro atoms. The Bertz CT molecular complexity index is 3180. The number of para-hydroxylation sites is 1. The summed E-state index contributed by atoms with van der Waals surface area (Å²) in [5.74, 6) is 2.45. The average Bonchev–Trinajstić information content (AvgIpc) is 3.84. The third kappa shape index (κ3) is 5.47. The van der Waals surface area contributed by atoms with E-state index in [0.29, 0.717) is 23.0 Å². The Morgan fingerprint density at radius 1 is 0.632 bits per heavy atom. The number of aromatic nitrogens is 3. The van der Waals surface area contributed by atoms with E-state index in [0.717, 1.165) is 82.8 Å². The van der Waals surface area contributed by atoms with Crippen LogP contribution >= 0.6 is 0 Å². The lowest BCUT2D eigenvalue weighted by Gasteiger charge is -2.25. The Morgan fingerprint density at radius 3 is 2.26 bits per heavy atom. The molecular weight excluding hydrogens is 706 g/mol. The van der Waals surface area contributed by atoms with Crippen LogP contribution in [0.5, 0.6) is 5.75 Å². The van der Waals surface area contributed by atoms with E-state index < -0.39 is 6.67 Å². The highest BCUT2D eigenvalue weighted by molar-refractivity contribution is 6.19. The lowest BCUT2D eigenvalue weighted by Crippen LogP contribution is -2.22. The fraction of sp³-hybridized carbons (Fsp3) is 0.0784. The Kier molecular flexibility index (Phi) is 7.71. The molecule has 0 N–H and O–H groups in total. The molecule has 2 atom stereocenters. The van der Waals surface area contributed by atoms with Crippen molar-refractivity contribution in [3.8, 4) is 28.5 Å². The molecule has 272 valence electrons. The lowest BCUT2D eigenvalue weighted by atomic mass is 9.80. The predicted octanol–water partition coefficient (Wildman–Crippen LogP) is 12.9. The first-order valence-corrected chi connectivity index (χ1v) is 19.2. The fourth-order valence-corrected chi connectivity index (χ4v) is 8.67. The summed E-state index contributed by atoms with van der Waals surface area (Å²) in [6.07, 6.45) is 8.10. The topological polar surface area (TPSA) is 61.0 Å². The zero-order chi connectivity index (χ0) is 38.0. The van der Waals surface area contributed by atoms with Gasteiger partial charge in [-0.3, -0.25) is 0 Å². The third-order valence-corrected chi connectivity index (χ3v) is 11.3. The van der Waals surface area contributed by atoms with Crippen molar-refractivity contribution < 1.29 is 13.5 Å². The number of hydrogen-bond donors (Lipinski definition) is 0. The number of fused-ring (bicyclic) bond motifs is 9. The molecule has 1 aliphatic carbocycles. The largest absolute Gasteiger partial charge is 0.485 e. The van der Waals surface area contributed by atoms with Crippen LogP contribution < -0.4 is 4.74 Å². The molecule has 3 heterocycles. The van der Waals surface area contributed by atoms with Crippen LogP contribution in [0.15, 0.2) is 162 Å². The Labute approximate surface area is 328 Å². The number of furan rings is 1. The second kappa shape index (κ2) is 13.2. The maximum Gasteiger partial charge on any atom is 0.164 e. The minimum atomic E-state index is -0.529. The van der Waals surface area contributed by atoms with Crippen LogP contribution in [0.25, 0.3) is 83.5 Å². The second-order valence-electron chi connectivity index (χ2n) is 14.7. The molecule has 0 bridgehead atoms. The molecule has 1 aliphatic heterocycles. The van der Waals surface area contributed by atoms with Crippen LogP contribution in [0.1, 0.15) is 40.9 Å². The number of rotatable bonds is 6. The first-order valence-electron chi connectivity index (χ1n) is 19.2. The van der Waals surface area contributed by atoms with Gasteiger partial charge in [-0.2, -0.15) is 0 Å². The molecule has 9 aromatic rings. The van der Waals surface area contributed by atoms with Crippen molar-refractivity contribution in [1.29, 1.82) is 0 Å². The highest BCUT2D eigenvalue weighted by Gasteiger charge is 2.40. The maximum atomic E-state index is 14.0. The number of hydrogen-bond acceptors (Lipinski definition) is 5. The van der Waals surface area contributed by atoms with Gasteiger partial charge in [0.25, 0.3) is 0 Å². The van der Waals surface area contributed by atoms with Gasteiger partial charge in [-0.25, -0.2) is 19.3 Å². The minimum absolute atomic E-state index is 0.134.